The van der Waals surface area contributed by atoms with Gasteiger partial charge in [-0.25, -0.2) is 9.59 Å². The van der Waals surface area contributed by atoms with Crippen molar-refractivity contribution in [3.05, 3.63) is 34.1 Å². The molecule has 0 fully saturated rings. The Hall–Kier alpha value is -1.84. The molecule has 0 aromatic heterocycles. The number of cyclic esters (lactones) is 2. The van der Waals surface area contributed by atoms with Gasteiger partial charge in [0.25, 0.3) is 0 Å². The molecule has 4 heteroatoms. The maximum Gasteiger partial charge on any atom is 0.346 e. The quantitative estimate of drug-likeness (QED) is 0.484. The summed E-state index contributed by atoms with van der Waals surface area (Å²) >= 11 is 0. The second-order valence-corrected chi connectivity index (χ2v) is 5.48. The Bertz CT molecular complexity index is 587. The zero-order chi connectivity index (χ0) is 13.2. The van der Waals surface area contributed by atoms with E-state index in [-0.39, 0.29) is 6.10 Å². The Morgan fingerprint density at radius 1 is 1.17 bits per heavy atom. The largest absolute Gasteiger partial charge is 0.489 e. The van der Waals surface area contributed by atoms with Crippen molar-refractivity contribution in [3.8, 4) is 0 Å². The standard InChI is InChI=1S/C14H14O4/c1-6-5-8-7(2)9-10(13(16)18-12(9)15)14(3,4)11(8)17-6/h5,11H,1-4H3. The van der Waals surface area contributed by atoms with Gasteiger partial charge in [-0.05, 0) is 25.5 Å². The average Bonchev–Trinajstić information content (AvgIpc) is 2.77. The van der Waals surface area contributed by atoms with Gasteiger partial charge in [-0.3, -0.25) is 0 Å². The Morgan fingerprint density at radius 3 is 2.50 bits per heavy atom. The zero-order valence-corrected chi connectivity index (χ0v) is 10.8. The van der Waals surface area contributed by atoms with Crippen molar-refractivity contribution in [2.75, 3.05) is 0 Å². The van der Waals surface area contributed by atoms with E-state index in [1.54, 1.807) is 0 Å². The number of fused-ring (bicyclic) bond motifs is 1. The molecule has 1 unspecified atom stereocenters. The zero-order valence-electron chi connectivity index (χ0n) is 10.8. The van der Waals surface area contributed by atoms with Crippen LogP contribution in [0.1, 0.15) is 27.7 Å². The molecule has 94 valence electrons. The summed E-state index contributed by atoms with van der Waals surface area (Å²) in [5, 5.41) is 0. The molecule has 0 amide bonds. The molecule has 2 aliphatic heterocycles. The van der Waals surface area contributed by atoms with Gasteiger partial charge in [0, 0.05) is 11.0 Å². The van der Waals surface area contributed by atoms with Crippen molar-refractivity contribution in [1.29, 1.82) is 0 Å². The second kappa shape index (κ2) is 3.13. The van der Waals surface area contributed by atoms with E-state index in [1.807, 2.05) is 33.8 Å². The molecular formula is C14H14O4. The summed E-state index contributed by atoms with van der Waals surface area (Å²) < 4.78 is 10.5. The molecule has 0 aromatic carbocycles. The van der Waals surface area contributed by atoms with E-state index in [0.717, 1.165) is 16.9 Å². The van der Waals surface area contributed by atoms with Crippen molar-refractivity contribution in [2.24, 2.45) is 5.41 Å². The van der Waals surface area contributed by atoms with Crippen LogP contribution in [-0.2, 0) is 19.1 Å². The van der Waals surface area contributed by atoms with Gasteiger partial charge in [0.15, 0.2) is 0 Å². The Balaban J connectivity index is 2.30. The summed E-state index contributed by atoms with van der Waals surface area (Å²) in [5.41, 5.74) is 2.08. The molecule has 0 saturated heterocycles. The first-order valence-corrected chi connectivity index (χ1v) is 5.91. The number of carbonyl (C=O) groups is 2. The van der Waals surface area contributed by atoms with Crippen molar-refractivity contribution in [1.82, 2.24) is 0 Å². The van der Waals surface area contributed by atoms with Crippen molar-refractivity contribution >= 4 is 11.9 Å². The van der Waals surface area contributed by atoms with Crippen LogP contribution in [0, 0.1) is 5.41 Å². The van der Waals surface area contributed by atoms with Gasteiger partial charge >= 0.3 is 11.9 Å². The first kappa shape index (κ1) is 11.3. The smallest absolute Gasteiger partial charge is 0.346 e. The Labute approximate surface area is 105 Å². The fourth-order valence-electron chi connectivity index (χ4n) is 3.01. The molecule has 2 heterocycles. The van der Waals surface area contributed by atoms with Gasteiger partial charge < -0.3 is 9.47 Å². The molecule has 4 nitrogen and oxygen atoms in total. The highest BCUT2D eigenvalue weighted by atomic mass is 16.6. The van der Waals surface area contributed by atoms with Crippen LogP contribution in [-0.4, -0.2) is 18.0 Å². The molecule has 0 aromatic rings. The van der Waals surface area contributed by atoms with E-state index in [1.165, 1.54) is 0 Å². The Kier molecular flexibility index (Phi) is 1.96. The van der Waals surface area contributed by atoms with E-state index in [4.69, 9.17) is 9.47 Å². The summed E-state index contributed by atoms with van der Waals surface area (Å²) in [5.74, 6) is -0.263. The van der Waals surface area contributed by atoms with Gasteiger partial charge in [-0.2, -0.15) is 0 Å². The van der Waals surface area contributed by atoms with Crippen LogP contribution in [0.2, 0.25) is 0 Å². The third kappa shape index (κ3) is 1.15. The lowest BCUT2D eigenvalue weighted by atomic mass is 9.69. The predicted molar refractivity (Wildman–Crippen MR) is 63.2 cm³/mol. The van der Waals surface area contributed by atoms with Crippen LogP contribution in [0.15, 0.2) is 34.1 Å². The average molecular weight is 246 g/mol. The van der Waals surface area contributed by atoms with Crippen LogP contribution in [0.4, 0.5) is 0 Å². The number of hydrogen-bond donors (Lipinski definition) is 0. The van der Waals surface area contributed by atoms with Gasteiger partial charge in [0.2, 0.25) is 0 Å². The minimum Gasteiger partial charge on any atom is -0.489 e. The molecule has 0 saturated carbocycles. The van der Waals surface area contributed by atoms with Crippen LogP contribution < -0.4 is 0 Å². The highest BCUT2D eigenvalue weighted by Gasteiger charge is 2.53. The lowest BCUT2D eigenvalue weighted by molar-refractivity contribution is -0.151. The monoisotopic (exact) mass is 246 g/mol. The van der Waals surface area contributed by atoms with Gasteiger partial charge in [-0.1, -0.05) is 13.8 Å². The number of ether oxygens (including phenoxy) is 2. The summed E-state index contributed by atoms with van der Waals surface area (Å²) in [6.07, 6.45) is 1.72. The van der Waals surface area contributed by atoms with E-state index >= 15 is 0 Å². The molecule has 18 heavy (non-hydrogen) atoms. The van der Waals surface area contributed by atoms with Gasteiger partial charge in [0.05, 0.1) is 16.9 Å². The minimum atomic E-state index is -0.554. The first-order valence-electron chi connectivity index (χ1n) is 5.91. The van der Waals surface area contributed by atoms with Crippen molar-refractivity contribution < 1.29 is 19.1 Å². The SMILES string of the molecule is CC1=CC2=C(C)C3=C(C(=O)OC3=O)C(C)(C)C2O1. The molecule has 0 radical (unpaired) electrons. The maximum atomic E-state index is 11.9. The molecular weight excluding hydrogens is 232 g/mol. The molecule has 0 spiro atoms. The number of hydrogen-bond acceptors (Lipinski definition) is 4. The molecule has 1 atom stereocenters. The lowest BCUT2D eigenvalue weighted by Gasteiger charge is -2.36. The van der Waals surface area contributed by atoms with Crippen molar-refractivity contribution in [2.45, 2.75) is 33.8 Å². The van der Waals surface area contributed by atoms with E-state index in [9.17, 15) is 9.59 Å². The number of rotatable bonds is 0. The maximum absolute atomic E-state index is 11.9. The van der Waals surface area contributed by atoms with Crippen molar-refractivity contribution in [3.63, 3.8) is 0 Å². The molecule has 3 aliphatic rings. The van der Waals surface area contributed by atoms with Crippen LogP contribution in [0.25, 0.3) is 0 Å². The highest BCUT2D eigenvalue weighted by molar-refractivity contribution is 6.16. The highest BCUT2D eigenvalue weighted by Crippen LogP contribution is 2.50. The fraction of sp³-hybridized carbons (Fsp3) is 0.429. The summed E-state index contributed by atoms with van der Waals surface area (Å²) in [4.78, 5) is 23.6. The first-order chi connectivity index (χ1) is 8.34. The second-order valence-electron chi connectivity index (χ2n) is 5.48. The predicted octanol–water partition coefficient (Wildman–Crippen LogP) is 2.03. The van der Waals surface area contributed by atoms with E-state index in [0.29, 0.717) is 11.1 Å². The normalized spacial score (nSPS) is 28.9. The minimum absolute atomic E-state index is 0.213. The van der Waals surface area contributed by atoms with E-state index in [2.05, 4.69) is 0 Å². The molecule has 1 aliphatic carbocycles. The van der Waals surface area contributed by atoms with Crippen LogP contribution >= 0.6 is 0 Å². The third-order valence-corrected chi connectivity index (χ3v) is 3.90. The Morgan fingerprint density at radius 2 is 1.83 bits per heavy atom. The van der Waals surface area contributed by atoms with Gasteiger partial charge in [0.1, 0.15) is 6.10 Å². The summed E-state index contributed by atoms with van der Waals surface area (Å²) in [6, 6.07) is 0. The molecule has 0 bridgehead atoms. The number of allylic oxidation sites excluding steroid dienone is 1. The molecule has 0 N–H and O–H groups in total. The summed E-state index contributed by atoms with van der Waals surface area (Å²) in [7, 11) is 0. The van der Waals surface area contributed by atoms with Gasteiger partial charge in [-0.15, -0.1) is 0 Å². The lowest BCUT2D eigenvalue weighted by Crippen LogP contribution is -2.38. The molecule has 3 rings (SSSR count). The summed E-state index contributed by atoms with van der Waals surface area (Å²) in [6.45, 7) is 7.53. The number of esters is 2. The topological polar surface area (TPSA) is 52.6 Å². The van der Waals surface area contributed by atoms with Crippen LogP contribution in [0.3, 0.4) is 0 Å². The number of carbonyl (C=O) groups excluding carboxylic acids is 2. The van der Waals surface area contributed by atoms with E-state index < -0.39 is 17.4 Å². The van der Waals surface area contributed by atoms with Crippen LogP contribution in [0.5, 0.6) is 0 Å². The third-order valence-electron chi connectivity index (χ3n) is 3.90. The fourth-order valence-corrected chi connectivity index (χ4v) is 3.01.